The highest BCUT2D eigenvalue weighted by atomic mass is 32.2. The number of fused-ring (bicyclic) bond motifs is 6. The van der Waals surface area contributed by atoms with Gasteiger partial charge in [-0.25, -0.2) is 8.42 Å². The second-order valence-electron chi connectivity index (χ2n) is 15.1. The zero-order valence-corrected chi connectivity index (χ0v) is 32.2. The number of unbranched alkanes of at least 4 members (excludes halogenated alkanes) is 3. The first kappa shape index (κ1) is 38.0. The lowest BCUT2D eigenvalue weighted by molar-refractivity contribution is -0.438. The van der Waals surface area contributed by atoms with E-state index in [0.29, 0.717) is 18.4 Å². The molecule has 2 aliphatic heterocycles. The Morgan fingerprint density at radius 3 is 2.28 bits per heavy atom. The molecule has 0 saturated heterocycles. The number of hydrogen-bond acceptors (Lipinski definition) is 5. The molecule has 0 bridgehead atoms. The molecule has 1 N–H and O–H groups in total. The third kappa shape index (κ3) is 7.40. The van der Waals surface area contributed by atoms with Crippen LogP contribution in [0.3, 0.4) is 0 Å². The van der Waals surface area contributed by atoms with Crippen LogP contribution >= 0.6 is 0 Å². The van der Waals surface area contributed by atoms with Crippen molar-refractivity contribution >= 4 is 54.7 Å². The van der Waals surface area contributed by atoms with Crippen molar-refractivity contribution in [2.75, 3.05) is 18.0 Å². The zero-order valence-electron chi connectivity index (χ0n) is 31.4. The number of carbonyl (C=O) groups is 1. The summed E-state index contributed by atoms with van der Waals surface area (Å²) in [5.41, 5.74) is 6.30. The molecule has 0 amide bonds. The van der Waals surface area contributed by atoms with Gasteiger partial charge in [0.2, 0.25) is 5.69 Å². The Kier molecular flexibility index (Phi) is 10.9. The maximum atomic E-state index is 12.2. The molecule has 0 aromatic heterocycles. The van der Waals surface area contributed by atoms with Crippen molar-refractivity contribution in [1.82, 2.24) is 0 Å². The van der Waals surface area contributed by atoms with Crippen LogP contribution in [-0.4, -0.2) is 47.4 Å². The Balaban J connectivity index is 1.28. The number of rotatable bonds is 14. The molecule has 0 radical (unpaired) electrons. The van der Waals surface area contributed by atoms with Crippen molar-refractivity contribution in [3.05, 3.63) is 126 Å². The molecular formula is C45H50N2O5S. The van der Waals surface area contributed by atoms with E-state index in [-0.39, 0.29) is 16.7 Å². The van der Waals surface area contributed by atoms with Crippen molar-refractivity contribution in [3.8, 4) is 0 Å². The third-order valence-corrected chi connectivity index (χ3v) is 11.7. The number of nitrogens with zero attached hydrogens (tertiary/aromatic N) is 2. The number of carboxylic acids is 1. The van der Waals surface area contributed by atoms with Gasteiger partial charge in [-0.15, -0.1) is 0 Å². The van der Waals surface area contributed by atoms with Gasteiger partial charge in [0, 0.05) is 53.9 Å². The Morgan fingerprint density at radius 1 is 0.792 bits per heavy atom. The molecule has 2 aliphatic rings. The molecule has 0 saturated carbocycles. The highest BCUT2D eigenvalue weighted by Gasteiger charge is 2.45. The van der Waals surface area contributed by atoms with Gasteiger partial charge in [-0.3, -0.25) is 4.79 Å². The first-order valence-electron chi connectivity index (χ1n) is 18.7. The third-order valence-electron chi connectivity index (χ3n) is 10.8. The molecule has 0 unspecified atom stereocenters. The smallest absolute Gasteiger partial charge is 0.303 e. The Morgan fingerprint density at radius 2 is 1.53 bits per heavy atom. The van der Waals surface area contributed by atoms with E-state index in [9.17, 15) is 17.8 Å². The van der Waals surface area contributed by atoms with Gasteiger partial charge in [0.15, 0.2) is 5.71 Å². The predicted octanol–water partition coefficient (Wildman–Crippen LogP) is 10.1. The van der Waals surface area contributed by atoms with Gasteiger partial charge in [-0.05, 0) is 84.5 Å². The van der Waals surface area contributed by atoms with Gasteiger partial charge in [-0.2, -0.15) is 4.58 Å². The lowest BCUT2D eigenvalue weighted by atomic mass is 9.79. The fraction of sp³-hybridized carbons (Fsp3) is 0.333. The molecule has 0 aliphatic carbocycles. The first-order valence-corrected chi connectivity index (χ1v) is 20.1. The minimum atomic E-state index is -4.66. The predicted molar refractivity (Wildman–Crippen MR) is 216 cm³/mol. The molecule has 2 heterocycles. The van der Waals surface area contributed by atoms with Gasteiger partial charge in [0.05, 0.1) is 10.3 Å². The van der Waals surface area contributed by atoms with Crippen LogP contribution in [0.15, 0.2) is 120 Å². The summed E-state index contributed by atoms with van der Waals surface area (Å²) in [5, 5.41) is 12.8. The van der Waals surface area contributed by atoms with Crippen molar-refractivity contribution < 1.29 is 27.4 Å². The Hall–Kier alpha value is -4.79. The summed E-state index contributed by atoms with van der Waals surface area (Å²) in [6.07, 6.45) is 19.2. The van der Waals surface area contributed by atoms with Crippen LogP contribution in [0.5, 0.6) is 0 Å². The van der Waals surface area contributed by atoms with Crippen LogP contribution in [0, 0.1) is 0 Å². The number of anilines is 1. The first-order chi connectivity index (χ1) is 25.3. The summed E-state index contributed by atoms with van der Waals surface area (Å²) in [4.78, 5) is 13.4. The van der Waals surface area contributed by atoms with Crippen molar-refractivity contribution in [3.63, 3.8) is 0 Å². The molecule has 6 rings (SSSR count). The lowest BCUT2D eigenvalue weighted by Crippen LogP contribution is -2.28. The van der Waals surface area contributed by atoms with E-state index in [1.807, 2.05) is 30.4 Å². The van der Waals surface area contributed by atoms with E-state index in [2.05, 4.69) is 105 Å². The average Bonchev–Trinajstić information content (AvgIpc) is 3.47. The number of allylic oxidation sites excluding steroid dienone is 8. The normalized spacial score (nSPS) is 17.4. The van der Waals surface area contributed by atoms with E-state index in [0.717, 1.165) is 54.6 Å². The minimum Gasteiger partial charge on any atom is -0.744 e. The fourth-order valence-corrected chi connectivity index (χ4v) is 9.05. The maximum absolute atomic E-state index is 12.2. The molecule has 8 heteroatoms. The monoisotopic (exact) mass is 730 g/mol. The second-order valence-corrected chi connectivity index (χ2v) is 16.5. The molecule has 53 heavy (non-hydrogen) atoms. The quantitative estimate of drug-likeness (QED) is 0.0600. The number of aliphatic carboxylic acids is 1. The van der Waals surface area contributed by atoms with Crippen LogP contribution in [0.2, 0.25) is 0 Å². The molecule has 0 fully saturated rings. The topological polar surface area (TPSA) is 101 Å². The van der Waals surface area contributed by atoms with Gasteiger partial charge < -0.3 is 14.6 Å². The van der Waals surface area contributed by atoms with Crippen LogP contribution in [0.4, 0.5) is 11.4 Å². The van der Waals surface area contributed by atoms with E-state index in [1.54, 1.807) is 12.1 Å². The number of benzene rings is 4. The molecule has 4 aromatic carbocycles. The summed E-state index contributed by atoms with van der Waals surface area (Å²) in [6, 6.07) is 21.7. The standard InChI is InChI=1S/C45H50N2O5S/c1-6-7-30-46-36-28-26-32-19-15-16-20-33(32)42(36)44(2,3)39(46)23-12-9-8-10-13-24-40-45(4,5)43-35-21-18-22-38(53(50,51)52)34(35)27-29-37(43)47(40)31-17-11-14-25-41(48)49/h8-10,12-13,15-16,18-24,26-29H,6-7,11,14,17,25,30-31H2,1-5H3,(H-,48,49,50,51,52). The summed E-state index contributed by atoms with van der Waals surface area (Å²) in [5.74, 6) is -0.792. The van der Waals surface area contributed by atoms with E-state index < -0.39 is 21.5 Å². The molecular weight excluding hydrogens is 681 g/mol. The highest BCUT2D eigenvalue weighted by molar-refractivity contribution is 7.86. The summed E-state index contributed by atoms with van der Waals surface area (Å²) >= 11 is 0. The average molecular weight is 731 g/mol. The minimum absolute atomic E-state index is 0.142. The summed E-state index contributed by atoms with van der Waals surface area (Å²) in [7, 11) is -4.66. The van der Waals surface area contributed by atoms with Crippen LogP contribution in [0.25, 0.3) is 21.5 Å². The molecule has 0 spiro atoms. The SMILES string of the molecule is CCCCN1C(=CC=CC=CC=CC2=[N+](CCCCCC(=O)O)c3ccc4c(S(=O)(=O)[O-])cccc4c3C2(C)C)C(C)(C)c2c1ccc1ccccc21. The van der Waals surface area contributed by atoms with Gasteiger partial charge in [-0.1, -0.05) is 100 Å². The van der Waals surface area contributed by atoms with Crippen LogP contribution < -0.4 is 4.90 Å². The Labute approximate surface area is 314 Å². The van der Waals surface area contributed by atoms with Crippen LogP contribution in [-0.2, 0) is 25.7 Å². The number of hydrogen-bond donors (Lipinski definition) is 1. The van der Waals surface area contributed by atoms with Crippen molar-refractivity contribution in [2.45, 2.75) is 88.9 Å². The summed E-state index contributed by atoms with van der Waals surface area (Å²) < 4.78 is 38.7. The van der Waals surface area contributed by atoms with Gasteiger partial charge in [0.25, 0.3) is 0 Å². The molecule has 0 atom stereocenters. The fourth-order valence-electron chi connectivity index (χ4n) is 8.35. The van der Waals surface area contributed by atoms with Crippen molar-refractivity contribution in [2.24, 2.45) is 0 Å². The Bertz CT molecular complexity index is 2330. The van der Waals surface area contributed by atoms with Crippen LogP contribution in [0.1, 0.15) is 84.3 Å². The van der Waals surface area contributed by atoms with Gasteiger partial charge >= 0.3 is 5.97 Å². The number of carboxylic acid groups (broad SMARTS) is 1. The lowest BCUT2D eigenvalue weighted by Gasteiger charge is -2.27. The zero-order chi connectivity index (χ0) is 38.0. The van der Waals surface area contributed by atoms with Crippen molar-refractivity contribution in [1.29, 1.82) is 0 Å². The highest BCUT2D eigenvalue weighted by Crippen LogP contribution is 2.51. The molecule has 7 nitrogen and oxygen atoms in total. The maximum Gasteiger partial charge on any atom is 0.303 e. The van der Waals surface area contributed by atoms with E-state index in [1.165, 1.54) is 33.8 Å². The van der Waals surface area contributed by atoms with E-state index in [4.69, 9.17) is 5.11 Å². The van der Waals surface area contributed by atoms with Gasteiger partial charge in [0.1, 0.15) is 16.7 Å². The summed E-state index contributed by atoms with van der Waals surface area (Å²) in [6.45, 7) is 12.8. The second kappa shape index (κ2) is 15.3. The molecule has 276 valence electrons. The molecule has 4 aromatic rings. The largest absolute Gasteiger partial charge is 0.744 e. The van der Waals surface area contributed by atoms with E-state index >= 15 is 0 Å².